The molecule has 1 heterocycles. The van der Waals surface area contributed by atoms with E-state index in [2.05, 4.69) is 38.1 Å². The second-order valence-corrected chi connectivity index (χ2v) is 4.47. The highest BCUT2D eigenvalue weighted by molar-refractivity contribution is 5.70. The molecule has 2 rings (SSSR count). The molecule has 90 valence electrons. The molecule has 0 radical (unpaired) electrons. The molecule has 3 heteroatoms. The Morgan fingerprint density at radius 1 is 1.24 bits per heavy atom. The van der Waals surface area contributed by atoms with Crippen LogP contribution in [0.3, 0.4) is 0 Å². The van der Waals surface area contributed by atoms with Gasteiger partial charge in [-0.2, -0.15) is 5.10 Å². The molecule has 0 aliphatic heterocycles. The Bertz CT molecular complexity index is 526. The van der Waals surface area contributed by atoms with Gasteiger partial charge in [-0.1, -0.05) is 13.0 Å². The van der Waals surface area contributed by atoms with Crippen molar-refractivity contribution in [1.82, 2.24) is 9.78 Å². The van der Waals surface area contributed by atoms with Crippen molar-refractivity contribution in [2.45, 2.75) is 33.7 Å². The van der Waals surface area contributed by atoms with E-state index in [0.717, 1.165) is 24.3 Å². The third-order valence-corrected chi connectivity index (χ3v) is 2.94. The van der Waals surface area contributed by atoms with Crippen LogP contribution in [0.15, 0.2) is 24.4 Å². The molecule has 2 N–H and O–H groups in total. The fraction of sp³-hybridized carbons (Fsp3) is 0.357. The van der Waals surface area contributed by atoms with Gasteiger partial charge in [0.15, 0.2) is 0 Å². The molecule has 0 saturated carbocycles. The fourth-order valence-electron chi connectivity index (χ4n) is 2.11. The van der Waals surface area contributed by atoms with Gasteiger partial charge in [0.1, 0.15) is 0 Å². The molecule has 17 heavy (non-hydrogen) atoms. The fourth-order valence-corrected chi connectivity index (χ4v) is 2.11. The maximum atomic E-state index is 5.78. The van der Waals surface area contributed by atoms with Crippen molar-refractivity contribution in [1.29, 1.82) is 0 Å². The third kappa shape index (κ3) is 2.33. The van der Waals surface area contributed by atoms with Gasteiger partial charge in [0.25, 0.3) is 0 Å². The van der Waals surface area contributed by atoms with Crippen molar-refractivity contribution in [2.75, 3.05) is 5.73 Å². The van der Waals surface area contributed by atoms with Crippen molar-refractivity contribution in [3.63, 3.8) is 0 Å². The standard InChI is InChI=1S/C14H19N3/c1-4-7-17-9-14(11(3)16-17)13-6-5-12(15)8-10(13)2/h5-6,8-9H,4,7,15H2,1-3H3. The number of benzene rings is 1. The lowest BCUT2D eigenvalue weighted by Crippen LogP contribution is -1.96. The predicted molar refractivity (Wildman–Crippen MR) is 71.8 cm³/mol. The quantitative estimate of drug-likeness (QED) is 0.822. The van der Waals surface area contributed by atoms with Crippen LogP contribution in [-0.2, 0) is 6.54 Å². The molecule has 3 nitrogen and oxygen atoms in total. The maximum absolute atomic E-state index is 5.78. The first-order chi connectivity index (χ1) is 8.11. The van der Waals surface area contributed by atoms with Crippen molar-refractivity contribution in [3.05, 3.63) is 35.7 Å². The van der Waals surface area contributed by atoms with Gasteiger partial charge in [-0.05, 0) is 43.5 Å². The molecule has 0 aliphatic rings. The van der Waals surface area contributed by atoms with Crippen LogP contribution < -0.4 is 5.73 Å². The van der Waals surface area contributed by atoms with Gasteiger partial charge < -0.3 is 5.73 Å². The van der Waals surface area contributed by atoms with Crippen molar-refractivity contribution >= 4 is 5.69 Å². The van der Waals surface area contributed by atoms with Crippen LogP contribution >= 0.6 is 0 Å². The number of rotatable bonds is 3. The van der Waals surface area contributed by atoms with E-state index in [1.165, 1.54) is 16.7 Å². The van der Waals surface area contributed by atoms with Gasteiger partial charge in [0.05, 0.1) is 5.69 Å². The van der Waals surface area contributed by atoms with Crippen LogP contribution in [-0.4, -0.2) is 9.78 Å². The topological polar surface area (TPSA) is 43.8 Å². The van der Waals surface area contributed by atoms with E-state index in [-0.39, 0.29) is 0 Å². The Labute approximate surface area is 102 Å². The van der Waals surface area contributed by atoms with Gasteiger partial charge in [-0.15, -0.1) is 0 Å². The first-order valence-corrected chi connectivity index (χ1v) is 6.02. The monoisotopic (exact) mass is 229 g/mol. The SMILES string of the molecule is CCCn1cc(-c2ccc(N)cc2C)c(C)n1. The summed E-state index contributed by atoms with van der Waals surface area (Å²) < 4.78 is 2.01. The second-order valence-electron chi connectivity index (χ2n) is 4.47. The molecule has 0 atom stereocenters. The van der Waals surface area contributed by atoms with Crippen molar-refractivity contribution < 1.29 is 0 Å². The van der Waals surface area contributed by atoms with Crippen LogP contribution in [0.25, 0.3) is 11.1 Å². The minimum absolute atomic E-state index is 0.810. The lowest BCUT2D eigenvalue weighted by molar-refractivity contribution is 0.598. The largest absolute Gasteiger partial charge is 0.399 e. The summed E-state index contributed by atoms with van der Waals surface area (Å²) >= 11 is 0. The number of nitrogen functional groups attached to an aromatic ring is 1. The molecule has 0 bridgehead atoms. The number of anilines is 1. The molecule has 1 aromatic heterocycles. The van der Waals surface area contributed by atoms with E-state index >= 15 is 0 Å². The average Bonchev–Trinajstić information content (AvgIpc) is 2.60. The lowest BCUT2D eigenvalue weighted by Gasteiger charge is -2.05. The zero-order valence-electron chi connectivity index (χ0n) is 10.7. The van der Waals surface area contributed by atoms with Crippen LogP contribution in [0.4, 0.5) is 5.69 Å². The molecular formula is C14H19N3. The van der Waals surface area contributed by atoms with E-state index in [4.69, 9.17) is 5.73 Å². The van der Waals surface area contributed by atoms with Crippen LogP contribution in [0, 0.1) is 13.8 Å². The number of aromatic nitrogens is 2. The number of hydrogen-bond acceptors (Lipinski definition) is 2. The van der Waals surface area contributed by atoms with Crippen LogP contribution in [0.5, 0.6) is 0 Å². The smallest absolute Gasteiger partial charge is 0.0672 e. The molecule has 0 spiro atoms. The molecule has 0 aliphatic carbocycles. The Balaban J connectivity index is 2.45. The zero-order chi connectivity index (χ0) is 12.4. The molecule has 2 aromatic rings. The average molecular weight is 229 g/mol. The Hall–Kier alpha value is -1.77. The van der Waals surface area contributed by atoms with Gasteiger partial charge in [0.2, 0.25) is 0 Å². The summed E-state index contributed by atoms with van der Waals surface area (Å²) in [6.45, 7) is 7.26. The van der Waals surface area contributed by atoms with E-state index < -0.39 is 0 Å². The van der Waals surface area contributed by atoms with Crippen LogP contribution in [0.2, 0.25) is 0 Å². The summed E-state index contributed by atoms with van der Waals surface area (Å²) in [7, 11) is 0. The summed E-state index contributed by atoms with van der Waals surface area (Å²) in [5, 5.41) is 4.53. The molecule has 1 aromatic carbocycles. The first-order valence-electron chi connectivity index (χ1n) is 6.02. The normalized spacial score (nSPS) is 10.8. The van der Waals surface area contributed by atoms with Crippen LogP contribution in [0.1, 0.15) is 24.6 Å². The van der Waals surface area contributed by atoms with Crippen molar-refractivity contribution in [2.24, 2.45) is 0 Å². The predicted octanol–water partition coefficient (Wildman–Crippen LogP) is 3.16. The maximum Gasteiger partial charge on any atom is 0.0672 e. The molecule has 0 saturated heterocycles. The van der Waals surface area contributed by atoms with Gasteiger partial charge in [-0.3, -0.25) is 4.68 Å². The van der Waals surface area contributed by atoms with Crippen molar-refractivity contribution in [3.8, 4) is 11.1 Å². The number of nitrogens with two attached hydrogens (primary N) is 1. The van der Waals surface area contributed by atoms with E-state index in [1.54, 1.807) is 0 Å². The van der Waals surface area contributed by atoms with Gasteiger partial charge in [0, 0.05) is 24.0 Å². The molecule has 0 amide bonds. The number of hydrogen-bond donors (Lipinski definition) is 1. The Morgan fingerprint density at radius 2 is 2.00 bits per heavy atom. The highest BCUT2D eigenvalue weighted by Gasteiger charge is 2.09. The zero-order valence-corrected chi connectivity index (χ0v) is 10.7. The number of aryl methyl sites for hydroxylation is 3. The Morgan fingerprint density at radius 3 is 2.65 bits per heavy atom. The highest BCUT2D eigenvalue weighted by Crippen LogP contribution is 2.27. The third-order valence-electron chi connectivity index (χ3n) is 2.94. The van der Waals surface area contributed by atoms with E-state index in [9.17, 15) is 0 Å². The highest BCUT2D eigenvalue weighted by atomic mass is 15.3. The lowest BCUT2D eigenvalue weighted by atomic mass is 10.0. The summed E-state index contributed by atoms with van der Waals surface area (Å²) in [4.78, 5) is 0. The summed E-state index contributed by atoms with van der Waals surface area (Å²) in [6, 6.07) is 6.02. The Kier molecular flexibility index (Phi) is 3.18. The molecular weight excluding hydrogens is 210 g/mol. The molecule has 0 fully saturated rings. The van der Waals surface area contributed by atoms with E-state index in [1.807, 2.05) is 16.8 Å². The van der Waals surface area contributed by atoms with E-state index in [0.29, 0.717) is 0 Å². The summed E-state index contributed by atoms with van der Waals surface area (Å²) in [6.07, 6.45) is 3.22. The first kappa shape index (κ1) is 11.7. The van der Waals surface area contributed by atoms with Gasteiger partial charge >= 0.3 is 0 Å². The van der Waals surface area contributed by atoms with Gasteiger partial charge in [-0.25, -0.2) is 0 Å². The second kappa shape index (κ2) is 4.62. The summed E-state index contributed by atoms with van der Waals surface area (Å²) in [5.41, 5.74) is 11.3. The summed E-state index contributed by atoms with van der Waals surface area (Å²) in [5.74, 6) is 0. The molecule has 0 unspecified atom stereocenters. The minimum Gasteiger partial charge on any atom is -0.399 e. The number of nitrogens with zero attached hydrogens (tertiary/aromatic N) is 2. The minimum atomic E-state index is 0.810.